The van der Waals surface area contributed by atoms with E-state index < -0.39 is 0 Å². The van der Waals surface area contributed by atoms with Gasteiger partial charge in [0.15, 0.2) is 0 Å². The van der Waals surface area contributed by atoms with Gasteiger partial charge in [-0.1, -0.05) is 12.2 Å². The van der Waals surface area contributed by atoms with Crippen LogP contribution in [0.4, 0.5) is 0 Å². The molecule has 1 aromatic rings. The third-order valence-electron chi connectivity index (χ3n) is 5.02. The van der Waals surface area contributed by atoms with Crippen molar-refractivity contribution in [3.8, 4) is 11.5 Å². The van der Waals surface area contributed by atoms with Crippen LogP contribution in [0.25, 0.3) is 0 Å². The van der Waals surface area contributed by atoms with Gasteiger partial charge in [-0.3, -0.25) is 4.79 Å². The maximum atomic E-state index is 12.2. The van der Waals surface area contributed by atoms with Crippen LogP contribution in [0, 0.1) is 17.8 Å². The lowest BCUT2D eigenvalue weighted by molar-refractivity contribution is 0.0953. The summed E-state index contributed by atoms with van der Waals surface area (Å²) in [5.41, 5.74) is 0.546. The Morgan fingerprint density at radius 2 is 1.83 bits per heavy atom. The predicted molar refractivity (Wildman–Crippen MR) is 93.6 cm³/mol. The van der Waals surface area contributed by atoms with E-state index in [2.05, 4.69) is 22.8 Å². The van der Waals surface area contributed by atoms with Gasteiger partial charge in [0, 0.05) is 24.7 Å². The monoisotopic (exact) mass is 330 g/mol. The van der Waals surface area contributed by atoms with Crippen molar-refractivity contribution in [2.45, 2.75) is 12.8 Å². The van der Waals surface area contributed by atoms with Gasteiger partial charge >= 0.3 is 0 Å². The molecular weight excluding hydrogens is 304 g/mol. The van der Waals surface area contributed by atoms with Crippen LogP contribution in [0.5, 0.6) is 11.5 Å². The van der Waals surface area contributed by atoms with Gasteiger partial charge in [-0.2, -0.15) is 0 Å². The summed E-state index contributed by atoms with van der Waals surface area (Å²) in [5.74, 6) is 3.45. The van der Waals surface area contributed by atoms with E-state index in [-0.39, 0.29) is 5.91 Å². The SMILES string of the molecule is COc1cc(OC)cc(C(=O)NCCNCC2CC3C=CC2C3)c1. The van der Waals surface area contributed by atoms with Crippen LogP contribution in [0.15, 0.2) is 30.4 Å². The van der Waals surface area contributed by atoms with Gasteiger partial charge in [-0.25, -0.2) is 0 Å². The van der Waals surface area contributed by atoms with Crippen molar-refractivity contribution in [2.24, 2.45) is 17.8 Å². The number of nitrogens with one attached hydrogen (secondary N) is 2. The highest BCUT2D eigenvalue weighted by atomic mass is 16.5. The second kappa shape index (κ2) is 7.71. The van der Waals surface area contributed by atoms with Crippen LogP contribution in [-0.2, 0) is 0 Å². The Balaban J connectivity index is 1.40. The highest BCUT2D eigenvalue weighted by Gasteiger charge is 2.34. The highest BCUT2D eigenvalue weighted by Crippen LogP contribution is 2.42. The molecule has 24 heavy (non-hydrogen) atoms. The minimum absolute atomic E-state index is 0.114. The van der Waals surface area contributed by atoms with Crippen molar-refractivity contribution in [3.05, 3.63) is 35.9 Å². The molecule has 5 nitrogen and oxygen atoms in total. The number of hydrogen-bond donors (Lipinski definition) is 2. The summed E-state index contributed by atoms with van der Waals surface area (Å²) in [6.07, 6.45) is 7.38. The molecule has 2 aliphatic carbocycles. The molecule has 0 aliphatic heterocycles. The molecule has 0 saturated heterocycles. The van der Waals surface area contributed by atoms with E-state index in [0.717, 1.165) is 30.8 Å². The predicted octanol–water partition coefficient (Wildman–Crippen LogP) is 2.24. The Kier molecular flexibility index (Phi) is 5.41. The Bertz CT molecular complexity index is 592. The Labute approximate surface area is 143 Å². The second-order valence-corrected chi connectivity index (χ2v) is 6.60. The van der Waals surface area contributed by atoms with E-state index in [1.807, 2.05) is 0 Å². The van der Waals surface area contributed by atoms with E-state index in [1.54, 1.807) is 32.4 Å². The van der Waals surface area contributed by atoms with Gasteiger partial charge in [-0.05, 0) is 49.3 Å². The van der Waals surface area contributed by atoms with Crippen molar-refractivity contribution in [1.82, 2.24) is 10.6 Å². The summed E-state index contributed by atoms with van der Waals surface area (Å²) < 4.78 is 10.4. The summed E-state index contributed by atoms with van der Waals surface area (Å²) in [6.45, 7) is 2.42. The Morgan fingerprint density at radius 1 is 1.08 bits per heavy atom. The molecule has 1 fully saturated rings. The molecule has 3 atom stereocenters. The van der Waals surface area contributed by atoms with Crippen LogP contribution < -0.4 is 20.1 Å². The van der Waals surface area contributed by atoms with E-state index in [1.165, 1.54) is 12.8 Å². The van der Waals surface area contributed by atoms with Gasteiger partial charge in [0.25, 0.3) is 5.91 Å². The van der Waals surface area contributed by atoms with Gasteiger partial charge < -0.3 is 20.1 Å². The van der Waals surface area contributed by atoms with Crippen LogP contribution in [0.1, 0.15) is 23.2 Å². The topological polar surface area (TPSA) is 59.6 Å². The number of carbonyl (C=O) groups is 1. The molecule has 0 spiro atoms. The molecule has 130 valence electrons. The van der Waals surface area contributed by atoms with Crippen LogP contribution in [-0.4, -0.2) is 39.8 Å². The van der Waals surface area contributed by atoms with E-state index in [0.29, 0.717) is 23.6 Å². The summed E-state index contributed by atoms with van der Waals surface area (Å²) in [7, 11) is 3.15. The molecule has 2 bridgehead atoms. The summed E-state index contributed by atoms with van der Waals surface area (Å²) in [4.78, 5) is 12.2. The zero-order chi connectivity index (χ0) is 16.9. The first-order valence-corrected chi connectivity index (χ1v) is 8.60. The number of allylic oxidation sites excluding steroid dienone is 2. The first kappa shape index (κ1) is 16.8. The molecule has 5 heteroatoms. The number of carbonyl (C=O) groups excluding carboxylic acids is 1. The third-order valence-corrected chi connectivity index (χ3v) is 5.02. The number of fused-ring (bicyclic) bond motifs is 2. The number of benzene rings is 1. The first-order chi connectivity index (χ1) is 11.7. The summed E-state index contributed by atoms with van der Waals surface area (Å²) >= 11 is 0. The average Bonchev–Trinajstić information content (AvgIpc) is 3.23. The van der Waals surface area contributed by atoms with Gasteiger partial charge in [-0.15, -0.1) is 0 Å². The third kappa shape index (κ3) is 3.90. The van der Waals surface area contributed by atoms with Gasteiger partial charge in [0.1, 0.15) is 11.5 Å². The van der Waals surface area contributed by atoms with Crippen molar-refractivity contribution in [2.75, 3.05) is 33.9 Å². The molecular formula is C19H26N2O3. The molecule has 0 radical (unpaired) electrons. The maximum Gasteiger partial charge on any atom is 0.251 e. The van der Waals surface area contributed by atoms with Crippen LogP contribution in [0.3, 0.4) is 0 Å². The first-order valence-electron chi connectivity index (χ1n) is 8.60. The van der Waals surface area contributed by atoms with E-state index in [4.69, 9.17) is 9.47 Å². The zero-order valence-electron chi connectivity index (χ0n) is 14.4. The largest absolute Gasteiger partial charge is 0.497 e. The fraction of sp³-hybridized carbons (Fsp3) is 0.526. The van der Waals surface area contributed by atoms with Crippen molar-refractivity contribution in [3.63, 3.8) is 0 Å². The Morgan fingerprint density at radius 3 is 2.42 bits per heavy atom. The smallest absolute Gasteiger partial charge is 0.251 e. The number of amides is 1. The van der Waals surface area contributed by atoms with Crippen LogP contribution in [0.2, 0.25) is 0 Å². The summed E-state index contributed by atoms with van der Waals surface area (Å²) in [5, 5.41) is 6.40. The number of methoxy groups -OCH3 is 2. The minimum atomic E-state index is -0.114. The zero-order valence-corrected chi connectivity index (χ0v) is 14.4. The maximum absolute atomic E-state index is 12.2. The fourth-order valence-corrected chi connectivity index (χ4v) is 3.72. The normalized spacial score (nSPS) is 24.2. The number of rotatable bonds is 8. The van der Waals surface area contributed by atoms with Gasteiger partial charge in [0.2, 0.25) is 0 Å². The summed E-state index contributed by atoms with van der Waals surface area (Å²) in [6, 6.07) is 5.18. The van der Waals surface area contributed by atoms with Crippen molar-refractivity contribution in [1.29, 1.82) is 0 Å². The molecule has 2 aliphatic rings. The number of hydrogen-bond acceptors (Lipinski definition) is 4. The minimum Gasteiger partial charge on any atom is -0.497 e. The second-order valence-electron chi connectivity index (χ2n) is 6.60. The lowest BCUT2D eigenvalue weighted by Gasteiger charge is -2.18. The number of ether oxygens (including phenoxy) is 2. The van der Waals surface area contributed by atoms with Gasteiger partial charge in [0.05, 0.1) is 14.2 Å². The molecule has 3 rings (SSSR count). The molecule has 0 heterocycles. The van der Waals surface area contributed by atoms with E-state index >= 15 is 0 Å². The molecule has 1 aromatic carbocycles. The standard InChI is InChI=1S/C19H26N2O3/c1-23-17-9-15(10-18(11-17)24-2)19(22)21-6-5-20-12-16-8-13-3-4-14(16)7-13/h3-4,9-11,13-14,16,20H,5-8,12H2,1-2H3,(H,21,22). The highest BCUT2D eigenvalue weighted by molar-refractivity contribution is 5.95. The average molecular weight is 330 g/mol. The Hall–Kier alpha value is -2.01. The fourth-order valence-electron chi connectivity index (χ4n) is 3.72. The lowest BCUT2D eigenvalue weighted by atomic mass is 9.94. The quantitative estimate of drug-likeness (QED) is 0.567. The molecule has 1 saturated carbocycles. The molecule has 3 unspecified atom stereocenters. The van der Waals surface area contributed by atoms with Crippen molar-refractivity contribution >= 4 is 5.91 Å². The van der Waals surface area contributed by atoms with Crippen LogP contribution >= 0.6 is 0 Å². The molecule has 0 aromatic heterocycles. The van der Waals surface area contributed by atoms with E-state index in [9.17, 15) is 4.79 Å². The molecule has 2 N–H and O–H groups in total. The lowest BCUT2D eigenvalue weighted by Crippen LogP contribution is -2.34. The molecule has 1 amide bonds. The van der Waals surface area contributed by atoms with Crippen molar-refractivity contribution < 1.29 is 14.3 Å².